The zero-order valence-corrected chi connectivity index (χ0v) is 25.3. The fourth-order valence-corrected chi connectivity index (χ4v) is 7.06. The Hall–Kier alpha value is -3.27. The molecule has 222 valence electrons. The van der Waals surface area contributed by atoms with Crippen LogP contribution >= 0.6 is 11.6 Å². The van der Waals surface area contributed by atoms with E-state index in [0.29, 0.717) is 51.3 Å². The molecule has 10 heteroatoms. The van der Waals surface area contributed by atoms with Gasteiger partial charge in [-0.15, -0.1) is 0 Å². The van der Waals surface area contributed by atoms with Crippen LogP contribution < -0.4 is 9.64 Å². The molecule has 0 saturated carbocycles. The molecule has 3 aliphatic heterocycles. The van der Waals surface area contributed by atoms with Crippen LogP contribution in [0, 0.1) is 0 Å². The molecule has 8 nitrogen and oxygen atoms in total. The minimum atomic E-state index is -0.927. The van der Waals surface area contributed by atoms with Crippen LogP contribution in [0.15, 0.2) is 48.8 Å². The number of amides is 1. The fourth-order valence-electron chi connectivity index (χ4n) is 6.77. The van der Waals surface area contributed by atoms with Gasteiger partial charge in [-0.3, -0.25) is 9.69 Å². The SMILES string of the molecule is C=C(F)C(=O)N1CCN(c2nc(OC[C@@H]3CCCN3C)nc3c2CN(C)C(c2cccc4cccc(Cl)c24)C3)C[C@H]1C. The van der Waals surface area contributed by atoms with Crippen LogP contribution in [0.1, 0.15) is 42.6 Å². The van der Waals surface area contributed by atoms with Crippen molar-refractivity contribution in [2.75, 3.05) is 51.8 Å². The third kappa shape index (κ3) is 5.45. The summed E-state index contributed by atoms with van der Waals surface area (Å²) in [6.45, 7) is 8.84. The number of ether oxygens (including phenoxy) is 1. The van der Waals surface area contributed by atoms with Crippen LogP contribution in [0.3, 0.4) is 0 Å². The first-order valence-corrected chi connectivity index (χ1v) is 15.1. The second-order valence-electron chi connectivity index (χ2n) is 11.9. The van der Waals surface area contributed by atoms with Crippen molar-refractivity contribution in [2.45, 2.75) is 50.9 Å². The van der Waals surface area contributed by atoms with Crippen molar-refractivity contribution in [3.63, 3.8) is 0 Å². The quantitative estimate of drug-likeness (QED) is 0.373. The minimum Gasteiger partial charge on any atom is -0.462 e. The number of halogens is 2. The summed E-state index contributed by atoms with van der Waals surface area (Å²) in [4.78, 5) is 30.7. The highest BCUT2D eigenvalue weighted by Crippen LogP contribution is 2.40. The largest absolute Gasteiger partial charge is 0.462 e. The summed E-state index contributed by atoms with van der Waals surface area (Å²) in [7, 11) is 4.25. The summed E-state index contributed by atoms with van der Waals surface area (Å²) in [5.74, 6) is -0.745. The summed E-state index contributed by atoms with van der Waals surface area (Å²) in [5, 5.41) is 2.93. The molecule has 0 spiro atoms. The lowest BCUT2D eigenvalue weighted by molar-refractivity contribution is -0.131. The van der Waals surface area contributed by atoms with E-state index >= 15 is 0 Å². The Kier molecular flexibility index (Phi) is 8.09. The van der Waals surface area contributed by atoms with E-state index in [1.165, 1.54) is 5.56 Å². The van der Waals surface area contributed by atoms with Gasteiger partial charge in [0.25, 0.3) is 5.91 Å². The van der Waals surface area contributed by atoms with Crippen LogP contribution in [-0.4, -0.2) is 89.5 Å². The number of carbonyl (C=O) groups excluding carboxylic acids is 1. The van der Waals surface area contributed by atoms with E-state index in [-0.39, 0.29) is 12.1 Å². The maximum atomic E-state index is 13.7. The van der Waals surface area contributed by atoms with Gasteiger partial charge in [0.15, 0.2) is 5.83 Å². The Morgan fingerprint density at radius 2 is 1.90 bits per heavy atom. The number of hydrogen-bond donors (Lipinski definition) is 0. The predicted octanol–water partition coefficient (Wildman–Crippen LogP) is 5.01. The monoisotopic (exact) mass is 592 g/mol. The van der Waals surface area contributed by atoms with Gasteiger partial charge in [0.2, 0.25) is 0 Å². The van der Waals surface area contributed by atoms with Gasteiger partial charge < -0.3 is 19.4 Å². The number of nitrogens with zero attached hydrogens (tertiary/aromatic N) is 6. The number of likely N-dealkylation sites (N-methyl/N-ethyl adjacent to an activating group) is 2. The lowest BCUT2D eigenvalue weighted by Gasteiger charge is -2.42. The zero-order valence-electron chi connectivity index (χ0n) is 24.5. The van der Waals surface area contributed by atoms with Gasteiger partial charge in [0, 0.05) is 66.7 Å². The molecule has 3 atom stereocenters. The van der Waals surface area contributed by atoms with E-state index in [1.807, 2.05) is 19.1 Å². The first kappa shape index (κ1) is 28.8. The molecule has 1 aromatic heterocycles. The van der Waals surface area contributed by atoms with Crippen LogP contribution in [0.2, 0.25) is 5.02 Å². The number of aromatic nitrogens is 2. The molecule has 1 unspecified atom stereocenters. The first-order chi connectivity index (χ1) is 20.2. The number of rotatable bonds is 6. The molecule has 0 bridgehead atoms. The van der Waals surface area contributed by atoms with Crippen molar-refractivity contribution >= 4 is 34.1 Å². The lowest BCUT2D eigenvalue weighted by Crippen LogP contribution is -2.54. The maximum Gasteiger partial charge on any atom is 0.318 e. The Labute approximate surface area is 251 Å². The van der Waals surface area contributed by atoms with Gasteiger partial charge >= 0.3 is 6.01 Å². The van der Waals surface area contributed by atoms with E-state index in [4.69, 9.17) is 26.3 Å². The summed E-state index contributed by atoms with van der Waals surface area (Å²) < 4.78 is 20.0. The lowest BCUT2D eigenvalue weighted by atomic mass is 9.90. The van der Waals surface area contributed by atoms with Crippen molar-refractivity contribution in [3.8, 4) is 6.01 Å². The Morgan fingerprint density at radius 3 is 2.62 bits per heavy atom. The summed E-state index contributed by atoms with van der Waals surface area (Å²) in [5.41, 5.74) is 3.20. The highest BCUT2D eigenvalue weighted by molar-refractivity contribution is 6.35. The predicted molar refractivity (Wildman–Crippen MR) is 164 cm³/mol. The van der Waals surface area contributed by atoms with Crippen molar-refractivity contribution in [1.82, 2.24) is 24.7 Å². The number of likely N-dealkylation sites (tertiary alicyclic amines) is 1. The molecule has 0 N–H and O–H groups in total. The van der Waals surface area contributed by atoms with E-state index in [1.54, 1.807) is 4.90 Å². The van der Waals surface area contributed by atoms with E-state index < -0.39 is 11.7 Å². The molecule has 1 amide bonds. The third-order valence-corrected chi connectivity index (χ3v) is 9.43. The Morgan fingerprint density at radius 1 is 1.12 bits per heavy atom. The van der Waals surface area contributed by atoms with Crippen molar-refractivity contribution in [3.05, 3.63) is 70.6 Å². The fraction of sp³-hybridized carbons (Fsp3) is 0.469. The van der Waals surface area contributed by atoms with Crippen LogP contribution in [-0.2, 0) is 17.8 Å². The normalized spacial score (nSPS) is 23.3. The van der Waals surface area contributed by atoms with Gasteiger partial charge in [0.1, 0.15) is 12.4 Å². The Balaban J connectivity index is 1.35. The van der Waals surface area contributed by atoms with Crippen LogP contribution in [0.25, 0.3) is 10.8 Å². The molecule has 0 radical (unpaired) electrons. The number of fused-ring (bicyclic) bond motifs is 2. The summed E-state index contributed by atoms with van der Waals surface area (Å²) >= 11 is 6.73. The highest BCUT2D eigenvalue weighted by atomic mass is 35.5. The Bertz CT molecular complexity index is 1510. The molecule has 2 aromatic carbocycles. The van der Waals surface area contributed by atoms with Crippen molar-refractivity contribution in [1.29, 1.82) is 0 Å². The molecule has 3 aliphatic rings. The summed E-state index contributed by atoms with van der Waals surface area (Å²) in [6.07, 6.45) is 2.94. The van der Waals surface area contributed by atoms with Crippen LogP contribution in [0.5, 0.6) is 6.01 Å². The van der Waals surface area contributed by atoms with E-state index in [2.05, 4.69) is 59.6 Å². The van der Waals surface area contributed by atoms with Gasteiger partial charge in [0.05, 0.1) is 5.69 Å². The highest BCUT2D eigenvalue weighted by Gasteiger charge is 2.35. The smallest absolute Gasteiger partial charge is 0.318 e. The van der Waals surface area contributed by atoms with Crippen molar-refractivity contribution < 1.29 is 13.9 Å². The second-order valence-corrected chi connectivity index (χ2v) is 12.3. The van der Waals surface area contributed by atoms with Crippen molar-refractivity contribution in [2.24, 2.45) is 0 Å². The molecular formula is C32H38ClFN6O2. The molecule has 42 heavy (non-hydrogen) atoms. The van der Waals surface area contributed by atoms with Crippen LogP contribution in [0.4, 0.5) is 10.2 Å². The molecule has 4 heterocycles. The topological polar surface area (TPSA) is 65.0 Å². The van der Waals surface area contributed by atoms with Gasteiger partial charge in [-0.25, -0.2) is 4.39 Å². The molecule has 3 aromatic rings. The molecule has 2 fully saturated rings. The number of piperazine rings is 1. The number of hydrogen-bond acceptors (Lipinski definition) is 7. The van der Waals surface area contributed by atoms with Gasteiger partial charge in [-0.1, -0.05) is 48.5 Å². The van der Waals surface area contributed by atoms with E-state index in [9.17, 15) is 9.18 Å². The first-order valence-electron chi connectivity index (χ1n) is 14.7. The average Bonchev–Trinajstić information content (AvgIpc) is 3.39. The third-order valence-electron chi connectivity index (χ3n) is 9.12. The number of anilines is 1. The zero-order chi connectivity index (χ0) is 29.5. The van der Waals surface area contributed by atoms with Gasteiger partial charge in [-0.05, 0) is 57.4 Å². The maximum absolute atomic E-state index is 13.7. The number of carbonyl (C=O) groups is 1. The van der Waals surface area contributed by atoms with E-state index in [0.717, 1.165) is 52.3 Å². The average molecular weight is 593 g/mol. The molecule has 0 aliphatic carbocycles. The molecular weight excluding hydrogens is 555 g/mol. The second kappa shape index (κ2) is 11.8. The number of benzene rings is 2. The summed E-state index contributed by atoms with van der Waals surface area (Å²) in [6, 6.07) is 13.0. The minimum absolute atomic E-state index is 0.0709. The van der Waals surface area contributed by atoms with Gasteiger partial charge in [-0.2, -0.15) is 9.97 Å². The molecule has 6 rings (SSSR count). The molecule has 2 saturated heterocycles. The standard InChI is InChI=1S/C32H38ClFN6O2/c1-20-17-39(14-15-40(20)31(41)21(2)34)30-25-18-38(4)28(24-11-5-8-22-9-6-12-26(33)29(22)24)16-27(25)35-32(36-30)42-19-23-10-7-13-37(23)3/h5-6,8-9,11-12,20,23,28H,2,7,10,13-19H2,1,3-4H3/t20-,23+,28?/m1/s1.